The Kier molecular flexibility index (Phi) is 6.73. The number of hydrogen-bond acceptors (Lipinski definition) is 3. The van der Waals surface area contributed by atoms with E-state index in [0.717, 1.165) is 0 Å². The van der Waals surface area contributed by atoms with Crippen LogP contribution >= 0.6 is 0 Å². The van der Waals surface area contributed by atoms with Crippen molar-refractivity contribution in [3.8, 4) is 0 Å². The molecular weight excluding hydrogens is 272 g/mol. The summed E-state index contributed by atoms with van der Waals surface area (Å²) in [5.41, 5.74) is 0.503. The summed E-state index contributed by atoms with van der Waals surface area (Å²) in [4.78, 5) is 35.8. The highest BCUT2D eigenvalue weighted by atomic mass is 16.2. The number of nitrogens with zero attached hydrogens (tertiary/aromatic N) is 1. The van der Waals surface area contributed by atoms with Crippen LogP contribution in [0.1, 0.15) is 10.4 Å². The number of amides is 4. The molecule has 0 unspecified atom stereocenters. The maximum absolute atomic E-state index is 11.7. The average Bonchev–Trinajstić information content (AvgIpc) is 2.49. The van der Waals surface area contributed by atoms with Gasteiger partial charge in [0, 0.05) is 32.7 Å². The summed E-state index contributed by atoms with van der Waals surface area (Å²) < 4.78 is 0. The zero-order chi connectivity index (χ0) is 15.7. The van der Waals surface area contributed by atoms with Crippen molar-refractivity contribution in [3.63, 3.8) is 0 Å². The molecule has 1 aromatic carbocycles. The summed E-state index contributed by atoms with van der Waals surface area (Å²) >= 11 is 0. The van der Waals surface area contributed by atoms with E-state index in [2.05, 4.69) is 16.0 Å². The molecule has 21 heavy (non-hydrogen) atoms. The number of rotatable bonds is 6. The summed E-state index contributed by atoms with van der Waals surface area (Å²) in [7, 11) is 3.26. The smallest absolute Gasteiger partial charge is 0.316 e. The number of carbonyl (C=O) groups excluding carboxylic acids is 3. The molecule has 0 aliphatic carbocycles. The van der Waals surface area contributed by atoms with E-state index in [-0.39, 0.29) is 24.4 Å². The Morgan fingerprint density at radius 1 is 0.952 bits per heavy atom. The molecule has 0 bridgehead atoms. The molecular formula is C14H20N4O3. The van der Waals surface area contributed by atoms with Crippen LogP contribution in [-0.4, -0.2) is 56.5 Å². The molecule has 1 aromatic rings. The first-order valence-corrected chi connectivity index (χ1v) is 6.56. The van der Waals surface area contributed by atoms with Gasteiger partial charge in [0.2, 0.25) is 5.91 Å². The maximum atomic E-state index is 11.7. The van der Waals surface area contributed by atoms with E-state index >= 15 is 0 Å². The summed E-state index contributed by atoms with van der Waals surface area (Å²) in [6, 6.07) is 8.44. The van der Waals surface area contributed by atoms with E-state index in [1.54, 1.807) is 38.4 Å². The molecule has 4 amide bonds. The van der Waals surface area contributed by atoms with Gasteiger partial charge in [0.25, 0.3) is 5.91 Å². The summed E-state index contributed by atoms with van der Waals surface area (Å²) in [5, 5.41) is 7.73. The minimum atomic E-state index is -0.307. The number of benzene rings is 1. The molecule has 3 N–H and O–H groups in total. The van der Waals surface area contributed by atoms with Crippen LogP contribution in [0, 0.1) is 0 Å². The molecule has 7 heteroatoms. The zero-order valence-corrected chi connectivity index (χ0v) is 12.2. The van der Waals surface area contributed by atoms with Crippen molar-refractivity contribution < 1.29 is 14.4 Å². The number of carbonyl (C=O) groups is 3. The van der Waals surface area contributed by atoms with Gasteiger partial charge < -0.3 is 20.9 Å². The van der Waals surface area contributed by atoms with Crippen molar-refractivity contribution in [2.24, 2.45) is 0 Å². The van der Waals surface area contributed by atoms with Gasteiger partial charge in [-0.2, -0.15) is 0 Å². The fraction of sp³-hybridized carbons (Fsp3) is 0.357. The first-order chi connectivity index (χ1) is 10.0. The molecule has 0 aliphatic heterocycles. The first kappa shape index (κ1) is 16.5. The molecule has 7 nitrogen and oxygen atoms in total. The predicted octanol–water partition coefficient (Wildman–Crippen LogP) is -0.196. The van der Waals surface area contributed by atoms with E-state index in [1.807, 2.05) is 6.07 Å². The second-order valence-corrected chi connectivity index (χ2v) is 4.53. The second-order valence-electron chi connectivity index (χ2n) is 4.53. The highest BCUT2D eigenvalue weighted by Crippen LogP contribution is 1.96. The number of nitrogens with one attached hydrogen (secondary N) is 3. The minimum absolute atomic E-state index is 0.102. The Bertz CT molecular complexity index is 488. The van der Waals surface area contributed by atoms with Gasteiger partial charge in [0.15, 0.2) is 0 Å². The molecule has 1 rings (SSSR count). The SMILES string of the molecule is CN(C)C(=O)NCCNC(=O)CNC(=O)c1ccccc1. The van der Waals surface area contributed by atoms with E-state index in [0.29, 0.717) is 18.7 Å². The van der Waals surface area contributed by atoms with E-state index in [4.69, 9.17) is 0 Å². The highest BCUT2D eigenvalue weighted by molar-refractivity contribution is 5.96. The van der Waals surface area contributed by atoms with Crippen molar-refractivity contribution in [1.29, 1.82) is 0 Å². The van der Waals surface area contributed by atoms with E-state index < -0.39 is 0 Å². The van der Waals surface area contributed by atoms with Crippen LogP contribution in [-0.2, 0) is 4.79 Å². The van der Waals surface area contributed by atoms with Gasteiger partial charge in [0.1, 0.15) is 0 Å². The van der Waals surface area contributed by atoms with Crippen molar-refractivity contribution >= 4 is 17.8 Å². The highest BCUT2D eigenvalue weighted by Gasteiger charge is 2.07. The third-order valence-electron chi connectivity index (χ3n) is 2.58. The third kappa shape index (κ3) is 6.42. The maximum Gasteiger partial charge on any atom is 0.316 e. The van der Waals surface area contributed by atoms with Crippen LogP contribution in [0.5, 0.6) is 0 Å². The van der Waals surface area contributed by atoms with Crippen LogP contribution in [0.25, 0.3) is 0 Å². The van der Waals surface area contributed by atoms with Gasteiger partial charge in [-0.1, -0.05) is 18.2 Å². The molecule has 0 saturated heterocycles. The molecule has 0 heterocycles. The molecule has 0 aliphatic rings. The quantitative estimate of drug-likeness (QED) is 0.634. The summed E-state index contributed by atoms with van der Waals surface area (Å²) in [6.45, 7) is 0.532. The molecule has 0 radical (unpaired) electrons. The lowest BCUT2D eigenvalue weighted by Gasteiger charge is -2.12. The molecule has 0 fully saturated rings. The largest absolute Gasteiger partial charge is 0.353 e. The van der Waals surface area contributed by atoms with Crippen LogP contribution < -0.4 is 16.0 Å². The van der Waals surface area contributed by atoms with Gasteiger partial charge in [-0.05, 0) is 12.1 Å². The molecule has 0 saturated carbocycles. The lowest BCUT2D eigenvalue weighted by Crippen LogP contribution is -2.42. The van der Waals surface area contributed by atoms with Crippen LogP contribution in [0.2, 0.25) is 0 Å². The second kappa shape index (κ2) is 8.57. The lowest BCUT2D eigenvalue weighted by molar-refractivity contribution is -0.120. The third-order valence-corrected chi connectivity index (χ3v) is 2.58. The van der Waals surface area contributed by atoms with Crippen LogP contribution in [0.3, 0.4) is 0 Å². The van der Waals surface area contributed by atoms with Gasteiger partial charge in [-0.3, -0.25) is 9.59 Å². The van der Waals surface area contributed by atoms with Crippen molar-refractivity contribution in [2.45, 2.75) is 0 Å². The Hall–Kier alpha value is -2.57. The van der Waals surface area contributed by atoms with Crippen molar-refractivity contribution in [3.05, 3.63) is 35.9 Å². The number of hydrogen-bond donors (Lipinski definition) is 3. The Balaban J connectivity index is 2.17. The summed E-state index contributed by atoms with van der Waals surface area (Å²) in [6.07, 6.45) is 0. The van der Waals surface area contributed by atoms with E-state index in [9.17, 15) is 14.4 Å². The minimum Gasteiger partial charge on any atom is -0.353 e. The molecule has 0 spiro atoms. The summed E-state index contributed by atoms with van der Waals surface area (Å²) in [5.74, 6) is -0.606. The number of urea groups is 1. The normalized spacial score (nSPS) is 9.62. The Labute approximate surface area is 123 Å². The van der Waals surface area contributed by atoms with Gasteiger partial charge in [-0.15, -0.1) is 0 Å². The van der Waals surface area contributed by atoms with E-state index in [1.165, 1.54) is 4.90 Å². The predicted molar refractivity (Wildman–Crippen MR) is 78.9 cm³/mol. The fourth-order valence-corrected chi connectivity index (χ4v) is 1.44. The molecule has 0 atom stereocenters. The molecule has 0 aromatic heterocycles. The van der Waals surface area contributed by atoms with Crippen LogP contribution in [0.15, 0.2) is 30.3 Å². The topological polar surface area (TPSA) is 90.5 Å². The Morgan fingerprint density at radius 2 is 1.57 bits per heavy atom. The van der Waals surface area contributed by atoms with Crippen LogP contribution in [0.4, 0.5) is 4.79 Å². The van der Waals surface area contributed by atoms with Gasteiger partial charge in [0.05, 0.1) is 6.54 Å². The zero-order valence-electron chi connectivity index (χ0n) is 12.2. The average molecular weight is 292 g/mol. The van der Waals surface area contributed by atoms with Gasteiger partial charge in [-0.25, -0.2) is 4.79 Å². The van der Waals surface area contributed by atoms with Crippen molar-refractivity contribution in [1.82, 2.24) is 20.9 Å². The monoisotopic (exact) mass is 292 g/mol. The first-order valence-electron chi connectivity index (χ1n) is 6.56. The standard InChI is InChI=1S/C14H20N4O3/c1-18(2)14(21)16-9-8-15-12(19)10-17-13(20)11-6-4-3-5-7-11/h3-7H,8-10H2,1-2H3,(H,15,19)(H,16,21)(H,17,20). The fourth-order valence-electron chi connectivity index (χ4n) is 1.44. The Morgan fingerprint density at radius 3 is 2.19 bits per heavy atom. The molecule has 114 valence electrons. The van der Waals surface area contributed by atoms with Gasteiger partial charge >= 0.3 is 6.03 Å². The van der Waals surface area contributed by atoms with Crippen molar-refractivity contribution in [2.75, 3.05) is 33.7 Å². The lowest BCUT2D eigenvalue weighted by atomic mass is 10.2.